The number of para-hydroxylation sites is 4. The van der Waals surface area contributed by atoms with Crippen LogP contribution in [0.5, 0.6) is 0 Å². The quantitative estimate of drug-likeness (QED) is 0.332. The van der Waals surface area contributed by atoms with Gasteiger partial charge in [0.1, 0.15) is 23.0 Å². The first-order valence-corrected chi connectivity index (χ1v) is 10.1. The number of pyridine rings is 1. The van der Waals surface area contributed by atoms with Crippen LogP contribution < -0.4 is 10.6 Å². The molecule has 0 saturated carbocycles. The van der Waals surface area contributed by atoms with Gasteiger partial charge in [-0.1, -0.05) is 30.3 Å². The van der Waals surface area contributed by atoms with E-state index in [1.807, 2.05) is 48.5 Å². The molecule has 0 spiro atoms. The first-order valence-electron chi connectivity index (χ1n) is 10.1. The molecule has 0 aliphatic carbocycles. The fourth-order valence-corrected chi connectivity index (χ4v) is 3.38. The second-order valence-corrected chi connectivity index (χ2v) is 7.17. The summed E-state index contributed by atoms with van der Waals surface area (Å²) in [6, 6.07) is 20.0. The number of rotatable bonds is 6. The predicted molar refractivity (Wildman–Crippen MR) is 119 cm³/mol. The molecule has 3 heterocycles. The average molecular weight is 425 g/mol. The summed E-state index contributed by atoms with van der Waals surface area (Å²) in [5.74, 6) is 0.494. The molecule has 0 fully saturated rings. The first-order chi connectivity index (χ1) is 15.7. The molecule has 0 saturated heterocycles. The summed E-state index contributed by atoms with van der Waals surface area (Å²) in [5, 5.41) is 5.55. The van der Waals surface area contributed by atoms with Gasteiger partial charge in [-0.15, -0.1) is 0 Å². The molecule has 158 valence electrons. The number of imidazole rings is 2. The number of amides is 2. The topological polar surface area (TPSA) is 128 Å². The summed E-state index contributed by atoms with van der Waals surface area (Å²) in [6.45, 7) is 0.440. The van der Waals surface area contributed by atoms with E-state index in [2.05, 4.69) is 35.6 Å². The second kappa shape index (κ2) is 8.31. The van der Waals surface area contributed by atoms with Crippen LogP contribution in [-0.2, 0) is 13.1 Å². The number of nitrogens with zero attached hydrogens (tertiary/aromatic N) is 3. The van der Waals surface area contributed by atoms with Crippen LogP contribution in [0.4, 0.5) is 0 Å². The van der Waals surface area contributed by atoms with E-state index < -0.39 is 11.8 Å². The Morgan fingerprint density at radius 2 is 1.09 bits per heavy atom. The molecule has 9 nitrogen and oxygen atoms in total. The van der Waals surface area contributed by atoms with Gasteiger partial charge in [-0.3, -0.25) is 9.59 Å². The van der Waals surface area contributed by atoms with Crippen LogP contribution in [0.2, 0.25) is 0 Å². The summed E-state index contributed by atoms with van der Waals surface area (Å²) in [6.07, 6.45) is 0. The van der Waals surface area contributed by atoms with E-state index in [1.165, 1.54) is 0 Å². The Hall–Kier alpha value is -4.53. The number of fused-ring (bicyclic) bond motifs is 2. The zero-order chi connectivity index (χ0) is 21.9. The van der Waals surface area contributed by atoms with Crippen LogP contribution in [0.15, 0.2) is 66.7 Å². The summed E-state index contributed by atoms with van der Waals surface area (Å²) >= 11 is 0. The predicted octanol–water partition coefficient (Wildman–Crippen LogP) is 2.69. The minimum atomic E-state index is -0.391. The van der Waals surface area contributed by atoms with Gasteiger partial charge in [-0.25, -0.2) is 15.0 Å². The van der Waals surface area contributed by atoms with Gasteiger partial charge in [-0.2, -0.15) is 0 Å². The fraction of sp³-hybridized carbons (Fsp3) is 0.0870. The Morgan fingerprint density at radius 1 is 0.625 bits per heavy atom. The minimum Gasteiger partial charge on any atom is -0.343 e. The summed E-state index contributed by atoms with van der Waals surface area (Å²) < 4.78 is 0. The number of H-pyrrole nitrogens is 2. The number of hydrogen-bond donors (Lipinski definition) is 4. The number of nitrogens with one attached hydrogen (secondary N) is 4. The van der Waals surface area contributed by atoms with Crippen molar-refractivity contribution in [3.05, 3.63) is 89.8 Å². The zero-order valence-corrected chi connectivity index (χ0v) is 16.9. The molecule has 0 radical (unpaired) electrons. The van der Waals surface area contributed by atoms with Crippen molar-refractivity contribution in [3.8, 4) is 0 Å². The lowest BCUT2D eigenvalue weighted by Gasteiger charge is -2.06. The van der Waals surface area contributed by atoms with Crippen LogP contribution in [0.1, 0.15) is 32.6 Å². The third-order valence-corrected chi connectivity index (χ3v) is 4.92. The monoisotopic (exact) mass is 425 g/mol. The average Bonchev–Trinajstić information content (AvgIpc) is 3.44. The molecule has 0 bridgehead atoms. The number of aromatic nitrogens is 5. The first kappa shape index (κ1) is 19.4. The third-order valence-electron chi connectivity index (χ3n) is 4.92. The van der Waals surface area contributed by atoms with Crippen molar-refractivity contribution in [2.24, 2.45) is 0 Å². The lowest BCUT2D eigenvalue weighted by atomic mass is 10.2. The lowest BCUT2D eigenvalue weighted by Crippen LogP contribution is -2.27. The van der Waals surface area contributed by atoms with Crippen LogP contribution in [-0.4, -0.2) is 36.7 Å². The zero-order valence-electron chi connectivity index (χ0n) is 16.9. The number of benzene rings is 2. The Bertz CT molecular complexity index is 1270. The van der Waals surface area contributed by atoms with Crippen molar-refractivity contribution in [1.29, 1.82) is 0 Å². The standard InChI is InChI=1S/C23H19N7O2/c31-22(24-12-20-27-14-6-1-2-7-15(14)28-20)18-10-5-11-19(26-18)23(32)25-13-21-29-16-8-3-4-9-17(16)30-21/h1-11H,12-13H2,(H,24,31)(H,25,32)(H,27,28)(H,29,30). The normalized spacial score (nSPS) is 11.0. The fourth-order valence-electron chi connectivity index (χ4n) is 3.38. The third kappa shape index (κ3) is 4.04. The van der Waals surface area contributed by atoms with Crippen LogP contribution in [0, 0.1) is 0 Å². The molecule has 9 heteroatoms. The number of carbonyl (C=O) groups is 2. The van der Waals surface area contributed by atoms with Gasteiger partial charge in [0.2, 0.25) is 0 Å². The molecule has 5 rings (SSSR count). The molecule has 5 aromatic rings. The molecule has 2 aromatic carbocycles. The highest BCUT2D eigenvalue weighted by molar-refractivity contribution is 5.96. The van der Waals surface area contributed by atoms with Gasteiger partial charge in [-0.05, 0) is 36.4 Å². The van der Waals surface area contributed by atoms with E-state index >= 15 is 0 Å². The maximum atomic E-state index is 12.5. The Morgan fingerprint density at radius 3 is 1.56 bits per heavy atom. The van der Waals surface area contributed by atoms with Crippen LogP contribution in [0.25, 0.3) is 22.1 Å². The van der Waals surface area contributed by atoms with Gasteiger partial charge in [0, 0.05) is 0 Å². The van der Waals surface area contributed by atoms with Crippen molar-refractivity contribution in [2.45, 2.75) is 13.1 Å². The van der Waals surface area contributed by atoms with Gasteiger partial charge in [0.15, 0.2) is 0 Å². The minimum absolute atomic E-state index is 0.150. The maximum absolute atomic E-state index is 12.5. The van der Waals surface area contributed by atoms with Crippen molar-refractivity contribution in [1.82, 2.24) is 35.6 Å². The van der Waals surface area contributed by atoms with Gasteiger partial charge in [0.25, 0.3) is 11.8 Å². The highest BCUT2D eigenvalue weighted by atomic mass is 16.2. The molecule has 0 unspecified atom stereocenters. The van der Waals surface area contributed by atoms with Gasteiger partial charge >= 0.3 is 0 Å². The van der Waals surface area contributed by atoms with Crippen molar-refractivity contribution >= 4 is 33.9 Å². The van der Waals surface area contributed by atoms with E-state index in [-0.39, 0.29) is 24.5 Å². The molecule has 0 aliphatic heterocycles. The highest BCUT2D eigenvalue weighted by Crippen LogP contribution is 2.11. The Kier molecular flexibility index (Phi) is 5.04. The molecule has 2 amide bonds. The smallest absolute Gasteiger partial charge is 0.270 e. The van der Waals surface area contributed by atoms with Crippen molar-refractivity contribution in [3.63, 3.8) is 0 Å². The summed E-state index contributed by atoms with van der Waals surface area (Å²) in [4.78, 5) is 44.4. The second-order valence-electron chi connectivity index (χ2n) is 7.17. The van der Waals surface area contributed by atoms with E-state index in [4.69, 9.17) is 0 Å². The molecule has 4 N–H and O–H groups in total. The molecular formula is C23H19N7O2. The van der Waals surface area contributed by atoms with E-state index in [0.29, 0.717) is 11.6 Å². The van der Waals surface area contributed by atoms with Crippen molar-refractivity contribution in [2.75, 3.05) is 0 Å². The molecule has 3 aromatic heterocycles. The summed E-state index contributed by atoms with van der Waals surface area (Å²) in [7, 11) is 0. The SMILES string of the molecule is O=C(NCc1nc2ccccc2[nH]1)c1cccc(C(=O)NCc2nc3ccccc3[nH]2)n1. The van der Waals surface area contributed by atoms with Crippen LogP contribution in [0.3, 0.4) is 0 Å². The van der Waals surface area contributed by atoms with E-state index in [0.717, 1.165) is 22.1 Å². The molecule has 0 atom stereocenters. The number of aromatic amines is 2. The van der Waals surface area contributed by atoms with Crippen molar-refractivity contribution < 1.29 is 9.59 Å². The highest BCUT2D eigenvalue weighted by Gasteiger charge is 2.13. The Balaban J connectivity index is 1.21. The summed E-state index contributed by atoms with van der Waals surface area (Å²) in [5.41, 5.74) is 3.77. The number of carbonyl (C=O) groups excluding carboxylic acids is 2. The lowest BCUT2D eigenvalue weighted by molar-refractivity contribution is 0.0940. The van der Waals surface area contributed by atoms with Gasteiger partial charge in [0.05, 0.1) is 35.2 Å². The van der Waals surface area contributed by atoms with E-state index in [1.54, 1.807) is 18.2 Å². The molecule has 32 heavy (non-hydrogen) atoms. The molecule has 0 aliphatic rings. The molecular weight excluding hydrogens is 406 g/mol. The van der Waals surface area contributed by atoms with Crippen LogP contribution >= 0.6 is 0 Å². The maximum Gasteiger partial charge on any atom is 0.270 e. The number of hydrogen-bond acceptors (Lipinski definition) is 5. The largest absolute Gasteiger partial charge is 0.343 e. The van der Waals surface area contributed by atoms with E-state index in [9.17, 15) is 9.59 Å². The van der Waals surface area contributed by atoms with Gasteiger partial charge < -0.3 is 20.6 Å². The Labute approximate surface area is 182 Å².